The van der Waals surface area contributed by atoms with Gasteiger partial charge in [-0.3, -0.25) is 9.69 Å². The second-order valence-corrected chi connectivity index (χ2v) is 6.55. The number of amides is 1. The maximum atomic E-state index is 12.9. The molecule has 1 aromatic carbocycles. The van der Waals surface area contributed by atoms with Crippen LogP contribution in [0.1, 0.15) is 41.2 Å². The Labute approximate surface area is 180 Å². The van der Waals surface area contributed by atoms with Gasteiger partial charge in [-0.05, 0) is 41.1 Å². The summed E-state index contributed by atoms with van der Waals surface area (Å²) in [6, 6.07) is 4.31. The minimum absolute atomic E-state index is 0.0137. The average molecular weight is 451 g/mol. The molecule has 14 heteroatoms. The van der Waals surface area contributed by atoms with Crippen molar-refractivity contribution in [3.63, 3.8) is 0 Å². The molecule has 0 saturated carbocycles. The van der Waals surface area contributed by atoms with E-state index < -0.39 is 17.6 Å². The molecule has 0 saturated heterocycles. The number of anilines is 1. The molecule has 0 unspecified atom stereocenters. The monoisotopic (exact) mass is 451 g/mol. The van der Waals surface area contributed by atoms with Crippen molar-refractivity contribution in [3.8, 4) is 5.82 Å². The van der Waals surface area contributed by atoms with E-state index in [4.69, 9.17) is 5.73 Å². The minimum atomic E-state index is -4.44. The number of hydrazone groups is 1. The van der Waals surface area contributed by atoms with Gasteiger partial charge in [0.25, 0.3) is 5.91 Å². The number of alkyl halides is 3. The normalized spacial score (nSPS) is 12.1. The Bertz CT molecular complexity index is 1090. The predicted molar refractivity (Wildman–Crippen MR) is 107 cm³/mol. The van der Waals surface area contributed by atoms with Crippen molar-refractivity contribution in [2.45, 2.75) is 26.6 Å². The first-order chi connectivity index (χ1) is 15.2. The Morgan fingerprint density at radius 3 is 2.50 bits per heavy atom. The van der Waals surface area contributed by atoms with Crippen LogP contribution in [0.25, 0.3) is 5.82 Å². The summed E-state index contributed by atoms with van der Waals surface area (Å²) in [6.45, 7) is 5.67. The van der Waals surface area contributed by atoms with Crippen LogP contribution < -0.4 is 11.2 Å². The number of carbonyl (C=O) groups excluding carboxylic acids is 1. The van der Waals surface area contributed by atoms with E-state index in [2.05, 4.69) is 35.8 Å². The molecule has 0 bridgehead atoms. The summed E-state index contributed by atoms with van der Waals surface area (Å²) < 4.78 is 43.7. The van der Waals surface area contributed by atoms with Gasteiger partial charge in [0.1, 0.15) is 5.69 Å². The Kier molecular flexibility index (Phi) is 6.82. The van der Waals surface area contributed by atoms with Crippen LogP contribution in [0.15, 0.2) is 34.0 Å². The Hall–Kier alpha value is -3.81. The lowest BCUT2D eigenvalue weighted by Crippen LogP contribution is -2.27. The summed E-state index contributed by atoms with van der Waals surface area (Å²) in [5, 5.41) is 18.9. The van der Waals surface area contributed by atoms with Crippen LogP contribution in [0.5, 0.6) is 0 Å². The van der Waals surface area contributed by atoms with Crippen LogP contribution in [-0.2, 0) is 12.7 Å². The molecule has 0 atom stereocenters. The Balaban J connectivity index is 1.83. The lowest BCUT2D eigenvalue weighted by molar-refractivity contribution is -0.137. The van der Waals surface area contributed by atoms with Crippen molar-refractivity contribution < 1.29 is 22.6 Å². The van der Waals surface area contributed by atoms with Crippen molar-refractivity contribution >= 4 is 17.9 Å². The van der Waals surface area contributed by atoms with Gasteiger partial charge in [-0.2, -0.15) is 23.0 Å². The first kappa shape index (κ1) is 22.9. The fraction of sp³-hybridized carbons (Fsp3) is 0.333. The molecule has 0 spiro atoms. The number of benzene rings is 1. The second-order valence-electron chi connectivity index (χ2n) is 6.55. The number of nitrogens with one attached hydrogen (secondary N) is 1. The van der Waals surface area contributed by atoms with Crippen molar-refractivity contribution in [3.05, 3.63) is 46.8 Å². The van der Waals surface area contributed by atoms with Crippen molar-refractivity contribution in [2.75, 3.05) is 18.8 Å². The van der Waals surface area contributed by atoms with Crippen molar-refractivity contribution in [1.82, 2.24) is 35.6 Å². The molecule has 2 heterocycles. The topological polar surface area (TPSA) is 140 Å². The van der Waals surface area contributed by atoms with Crippen LogP contribution in [-0.4, -0.2) is 55.4 Å². The first-order valence-corrected chi connectivity index (χ1v) is 9.50. The van der Waals surface area contributed by atoms with Gasteiger partial charge in [-0.15, -0.1) is 5.10 Å². The molecule has 11 nitrogen and oxygen atoms in total. The molecule has 3 N–H and O–H groups in total. The molecule has 32 heavy (non-hydrogen) atoms. The van der Waals surface area contributed by atoms with Crippen LogP contribution >= 0.6 is 0 Å². The summed E-state index contributed by atoms with van der Waals surface area (Å²) in [5.41, 5.74) is 7.97. The third kappa shape index (κ3) is 5.08. The SMILES string of the molecule is CCN(CC)Cc1nnn(-c2nonc2N)c1C(=O)N/N=C\c1ccc(C(F)(F)F)cc1. The number of nitrogens with zero attached hydrogens (tertiary/aromatic N) is 7. The molecule has 0 fully saturated rings. The number of nitrogens with two attached hydrogens (primary N) is 1. The zero-order valence-electron chi connectivity index (χ0n) is 17.2. The molecule has 0 aliphatic heterocycles. The van der Waals surface area contributed by atoms with E-state index in [-0.39, 0.29) is 17.3 Å². The van der Waals surface area contributed by atoms with E-state index >= 15 is 0 Å². The smallest absolute Gasteiger partial charge is 0.378 e. The summed E-state index contributed by atoms with van der Waals surface area (Å²) in [4.78, 5) is 14.9. The predicted octanol–water partition coefficient (Wildman–Crippen LogP) is 1.86. The molecule has 3 aromatic rings. The number of carbonyl (C=O) groups is 1. The maximum Gasteiger partial charge on any atom is 0.416 e. The molecule has 0 aliphatic rings. The number of hydrogen-bond donors (Lipinski definition) is 2. The number of rotatable bonds is 8. The van der Waals surface area contributed by atoms with E-state index in [0.717, 1.165) is 16.8 Å². The van der Waals surface area contributed by atoms with Crippen LogP contribution in [0.2, 0.25) is 0 Å². The summed E-state index contributed by atoms with van der Waals surface area (Å²) >= 11 is 0. The zero-order valence-corrected chi connectivity index (χ0v) is 17.2. The molecular weight excluding hydrogens is 431 g/mol. The molecule has 0 radical (unpaired) electrons. The lowest BCUT2D eigenvalue weighted by atomic mass is 10.1. The molecular formula is C18H20F3N9O2. The van der Waals surface area contributed by atoms with Crippen LogP contribution in [0.3, 0.4) is 0 Å². The van der Waals surface area contributed by atoms with Crippen molar-refractivity contribution in [2.24, 2.45) is 5.10 Å². The molecule has 2 aromatic heterocycles. The number of aromatic nitrogens is 5. The summed E-state index contributed by atoms with van der Waals surface area (Å²) in [6.07, 6.45) is -3.23. The Morgan fingerprint density at radius 2 is 1.94 bits per heavy atom. The second kappa shape index (κ2) is 9.55. The fourth-order valence-electron chi connectivity index (χ4n) is 2.77. The van der Waals surface area contributed by atoms with E-state index in [1.807, 2.05) is 18.7 Å². The van der Waals surface area contributed by atoms with Gasteiger partial charge < -0.3 is 5.73 Å². The lowest BCUT2D eigenvalue weighted by Gasteiger charge is -2.16. The Morgan fingerprint density at radius 1 is 1.25 bits per heavy atom. The third-order valence-electron chi connectivity index (χ3n) is 4.54. The van der Waals surface area contributed by atoms with E-state index in [1.54, 1.807) is 0 Å². The number of halogens is 3. The zero-order chi connectivity index (χ0) is 23.3. The quantitative estimate of drug-likeness (QED) is 0.391. The number of nitrogen functional groups attached to an aromatic ring is 1. The van der Waals surface area contributed by atoms with Gasteiger partial charge in [-0.1, -0.05) is 31.2 Å². The van der Waals surface area contributed by atoms with E-state index in [0.29, 0.717) is 30.9 Å². The highest BCUT2D eigenvalue weighted by Crippen LogP contribution is 2.28. The largest absolute Gasteiger partial charge is 0.416 e. The third-order valence-corrected chi connectivity index (χ3v) is 4.54. The standard InChI is InChI=1S/C18H20F3N9O2/c1-3-29(4-2)10-13-14(30(28-24-13)16-15(22)26-32-27-16)17(31)25-23-9-11-5-7-12(8-6-11)18(19,20)21/h5-9H,3-4,10H2,1-2H3,(H2,22,26)(H,25,31)/b23-9-. The minimum Gasteiger partial charge on any atom is -0.378 e. The van der Waals surface area contributed by atoms with Gasteiger partial charge in [0.15, 0.2) is 5.69 Å². The molecule has 0 aliphatic carbocycles. The van der Waals surface area contributed by atoms with Gasteiger partial charge in [0.05, 0.1) is 11.8 Å². The highest BCUT2D eigenvalue weighted by Gasteiger charge is 2.30. The number of hydrogen-bond acceptors (Lipinski definition) is 9. The van der Waals surface area contributed by atoms with Gasteiger partial charge in [-0.25, -0.2) is 10.1 Å². The van der Waals surface area contributed by atoms with E-state index in [9.17, 15) is 18.0 Å². The van der Waals surface area contributed by atoms with Gasteiger partial charge in [0.2, 0.25) is 11.6 Å². The van der Waals surface area contributed by atoms with Crippen LogP contribution in [0.4, 0.5) is 19.0 Å². The highest BCUT2D eigenvalue weighted by atomic mass is 19.4. The van der Waals surface area contributed by atoms with Crippen molar-refractivity contribution in [1.29, 1.82) is 0 Å². The van der Waals surface area contributed by atoms with E-state index in [1.165, 1.54) is 18.3 Å². The fourth-order valence-corrected chi connectivity index (χ4v) is 2.77. The maximum absolute atomic E-state index is 12.9. The first-order valence-electron chi connectivity index (χ1n) is 9.50. The highest BCUT2D eigenvalue weighted by molar-refractivity contribution is 5.95. The molecule has 1 amide bonds. The van der Waals surface area contributed by atoms with Crippen LogP contribution in [0, 0.1) is 0 Å². The molecule has 3 rings (SSSR count). The van der Waals surface area contributed by atoms with Gasteiger partial charge >= 0.3 is 6.18 Å². The average Bonchev–Trinajstić information content (AvgIpc) is 3.37. The van der Waals surface area contributed by atoms with Gasteiger partial charge in [0, 0.05) is 6.54 Å². The summed E-state index contributed by atoms with van der Waals surface area (Å²) in [7, 11) is 0. The summed E-state index contributed by atoms with van der Waals surface area (Å²) in [5.74, 6) is -0.783. The molecule has 170 valence electrons.